The highest BCUT2D eigenvalue weighted by molar-refractivity contribution is 7.14. The van der Waals surface area contributed by atoms with E-state index < -0.39 is 17.8 Å². The van der Waals surface area contributed by atoms with Crippen molar-refractivity contribution < 1.29 is 23.9 Å². The third-order valence-electron chi connectivity index (χ3n) is 3.52. The number of ether oxygens (including phenoxy) is 2. The quantitative estimate of drug-likeness (QED) is 0.464. The summed E-state index contributed by atoms with van der Waals surface area (Å²) in [6, 6.07) is 0. The fraction of sp³-hybridized carbons (Fsp3) is 0.375. The van der Waals surface area contributed by atoms with Crippen LogP contribution in [0, 0.1) is 13.8 Å². The van der Waals surface area contributed by atoms with E-state index in [9.17, 15) is 14.4 Å². The van der Waals surface area contributed by atoms with Crippen molar-refractivity contribution in [2.75, 3.05) is 25.6 Å². The van der Waals surface area contributed by atoms with Gasteiger partial charge in [-0.1, -0.05) is 0 Å². The average Bonchev–Trinajstić information content (AvgIpc) is 3.10. The molecule has 0 spiro atoms. The number of primary amides is 1. The van der Waals surface area contributed by atoms with E-state index in [2.05, 4.69) is 15.3 Å². The second-order valence-corrected chi connectivity index (χ2v) is 6.35. The Morgan fingerprint density at radius 2 is 2.04 bits per heavy atom. The molecule has 0 atom stereocenters. The molecule has 0 unspecified atom stereocenters. The van der Waals surface area contributed by atoms with Gasteiger partial charge in [0.25, 0.3) is 5.91 Å². The Kier molecular flexibility index (Phi) is 6.47. The number of thiazole rings is 1. The second kappa shape index (κ2) is 8.59. The van der Waals surface area contributed by atoms with Crippen LogP contribution in [0.5, 0.6) is 0 Å². The molecule has 0 fully saturated rings. The molecule has 2 rings (SSSR count). The van der Waals surface area contributed by atoms with E-state index in [1.165, 1.54) is 18.4 Å². The first kappa shape index (κ1) is 19.6. The number of H-pyrrole nitrogens is 1. The first-order valence-corrected chi connectivity index (χ1v) is 8.60. The largest absolute Gasteiger partial charge is 0.460 e. The zero-order valence-corrected chi connectivity index (χ0v) is 15.5. The van der Waals surface area contributed by atoms with Crippen LogP contribution in [0.4, 0.5) is 5.13 Å². The Bertz CT molecular complexity index is 827. The molecule has 0 aliphatic rings. The van der Waals surface area contributed by atoms with E-state index in [0.717, 1.165) is 0 Å². The summed E-state index contributed by atoms with van der Waals surface area (Å²) in [6.45, 7) is 3.76. The number of hydrogen-bond donors (Lipinski definition) is 3. The van der Waals surface area contributed by atoms with Gasteiger partial charge in [-0.05, 0) is 19.4 Å². The van der Waals surface area contributed by atoms with Crippen LogP contribution in [-0.2, 0) is 20.7 Å². The highest BCUT2D eigenvalue weighted by atomic mass is 32.1. The van der Waals surface area contributed by atoms with Crippen molar-refractivity contribution in [3.05, 3.63) is 33.6 Å². The van der Waals surface area contributed by atoms with Gasteiger partial charge in [-0.25, -0.2) is 9.78 Å². The van der Waals surface area contributed by atoms with Crippen LogP contribution in [-0.4, -0.2) is 48.1 Å². The number of amides is 2. The van der Waals surface area contributed by atoms with E-state index in [0.29, 0.717) is 34.3 Å². The van der Waals surface area contributed by atoms with Crippen molar-refractivity contribution in [2.24, 2.45) is 5.73 Å². The maximum absolute atomic E-state index is 12.5. The predicted molar refractivity (Wildman–Crippen MR) is 95.4 cm³/mol. The fourth-order valence-corrected chi connectivity index (χ4v) is 3.06. The Morgan fingerprint density at radius 1 is 1.31 bits per heavy atom. The molecule has 0 saturated heterocycles. The summed E-state index contributed by atoms with van der Waals surface area (Å²) in [5.74, 6) is -1.47. The monoisotopic (exact) mass is 380 g/mol. The van der Waals surface area contributed by atoms with Gasteiger partial charge in [0.15, 0.2) is 5.13 Å². The summed E-state index contributed by atoms with van der Waals surface area (Å²) >= 11 is 1.18. The number of carbonyl (C=O) groups excluding carboxylic acids is 3. The van der Waals surface area contributed by atoms with Gasteiger partial charge in [0.05, 0.1) is 24.3 Å². The number of aromatic nitrogens is 2. The molecular formula is C16H20N4O5S. The molecule has 2 aromatic heterocycles. The number of carbonyl (C=O) groups is 3. The lowest BCUT2D eigenvalue weighted by molar-refractivity contribution is -0.117. The van der Waals surface area contributed by atoms with Gasteiger partial charge >= 0.3 is 5.97 Å². The van der Waals surface area contributed by atoms with Crippen molar-refractivity contribution in [2.45, 2.75) is 20.3 Å². The smallest absolute Gasteiger partial charge is 0.340 e. The van der Waals surface area contributed by atoms with Crippen molar-refractivity contribution in [1.82, 2.24) is 9.97 Å². The molecule has 0 radical (unpaired) electrons. The lowest BCUT2D eigenvalue weighted by Gasteiger charge is -2.05. The fourth-order valence-electron chi connectivity index (χ4n) is 2.36. The minimum absolute atomic E-state index is 0.00444. The van der Waals surface area contributed by atoms with E-state index in [1.807, 2.05) is 0 Å². The Labute approximate surface area is 153 Å². The first-order chi connectivity index (χ1) is 12.3. The Balaban J connectivity index is 2.12. The van der Waals surface area contributed by atoms with Crippen molar-refractivity contribution in [3.8, 4) is 0 Å². The molecule has 0 aliphatic carbocycles. The number of anilines is 1. The van der Waals surface area contributed by atoms with E-state index >= 15 is 0 Å². The Morgan fingerprint density at radius 3 is 2.69 bits per heavy atom. The number of nitrogens with one attached hydrogen (secondary N) is 2. The number of aromatic amines is 1. The maximum atomic E-state index is 12.5. The summed E-state index contributed by atoms with van der Waals surface area (Å²) < 4.78 is 9.95. The number of esters is 1. The molecule has 2 heterocycles. The predicted octanol–water partition coefficient (Wildman–Crippen LogP) is 1.17. The number of nitrogens with two attached hydrogens (primary N) is 1. The molecule has 0 saturated carbocycles. The van der Waals surface area contributed by atoms with Crippen LogP contribution in [0.3, 0.4) is 0 Å². The van der Waals surface area contributed by atoms with E-state index in [4.69, 9.17) is 15.2 Å². The summed E-state index contributed by atoms with van der Waals surface area (Å²) in [5, 5.41) is 4.62. The molecular weight excluding hydrogens is 360 g/mol. The standard InChI is InChI=1S/C16H20N4O5S/c1-8-12(15(23)25-5-4-24-3)9(2)18-13(8)14(22)20-16-19-10(7-26-16)6-11(17)21/h7,18H,4-6H2,1-3H3,(H2,17,21)(H,19,20,22). The molecule has 10 heteroatoms. The number of nitrogens with zero attached hydrogens (tertiary/aromatic N) is 1. The van der Waals surface area contributed by atoms with Crippen LogP contribution in [0.2, 0.25) is 0 Å². The number of hydrogen-bond acceptors (Lipinski definition) is 7. The zero-order valence-electron chi connectivity index (χ0n) is 14.7. The lowest BCUT2D eigenvalue weighted by Crippen LogP contribution is -2.15. The molecule has 140 valence electrons. The normalized spacial score (nSPS) is 10.6. The van der Waals surface area contributed by atoms with Crippen LogP contribution in [0.15, 0.2) is 5.38 Å². The van der Waals surface area contributed by atoms with Crippen LogP contribution < -0.4 is 11.1 Å². The summed E-state index contributed by atoms with van der Waals surface area (Å²) in [5.41, 5.74) is 7.18. The van der Waals surface area contributed by atoms with Gasteiger partial charge in [0, 0.05) is 18.2 Å². The molecule has 0 aliphatic heterocycles. The third-order valence-corrected chi connectivity index (χ3v) is 4.32. The van der Waals surface area contributed by atoms with Gasteiger partial charge in [-0.15, -0.1) is 11.3 Å². The molecule has 2 aromatic rings. The lowest BCUT2D eigenvalue weighted by atomic mass is 10.1. The SMILES string of the molecule is COCCOC(=O)c1c(C)[nH]c(C(=O)Nc2nc(CC(N)=O)cs2)c1C. The highest BCUT2D eigenvalue weighted by Gasteiger charge is 2.23. The summed E-state index contributed by atoms with van der Waals surface area (Å²) in [7, 11) is 1.51. The summed E-state index contributed by atoms with van der Waals surface area (Å²) in [6.07, 6.45) is 0.00444. The van der Waals surface area contributed by atoms with Gasteiger partial charge in [0.2, 0.25) is 5.91 Å². The van der Waals surface area contributed by atoms with Crippen LogP contribution >= 0.6 is 11.3 Å². The molecule has 0 bridgehead atoms. The molecule has 2 amide bonds. The van der Waals surface area contributed by atoms with Gasteiger partial charge in [-0.2, -0.15) is 0 Å². The van der Waals surface area contributed by atoms with Gasteiger partial charge in [0.1, 0.15) is 12.3 Å². The number of rotatable bonds is 8. The molecule has 9 nitrogen and oxygen atoms in total. The topological polar surface area (TPSA) is 136 Å². The van der Waals surface area contributed by atoms with Crippen LogP contribution in [0.1, 0.15) is 37.8 Å². The van der Waals surface area contributed by atoms with Crippen molar-refractivity contribution in [3.63, 3.8) is 0 Å². The third kappa shape index (κ3) is 4.67. The Hall–Kier alpha value is -2.72. The average molecular weight is 380 g/mol. The van der Waals surface area contributed by atoms with Gasteiger partial charge < -0.3 is 20.2 Å². The van der Waals surface area contributed by atoms with Gasteiger partial charge in [-0.3, -0.25) is 14.9 Å². The maximum Gasteiger partial charge on any atom is 0.340 e. The van der Waals surface area contributed by atoms with Crippen molar-refractivity contribution in [1.29, 1.82) is 0 Å². The number of aryl methyl sites for hydroxylation is 1. The minimum atomic E-state index is -0.523. The highest BCUT2D eigenvalue weighted by Crippen LogP contribution is 2.22. The minimum Gasteiger partial charge on any atom is -0.460 e. The van der Waals surface area contributed by atoms with Crippen molar-refractivity contribution >= 4 is 34.3 Å². The van der Waals surface area contributed by atoms with E-state index in [1.54, 1.807) is 19.2 Å². The number of methoxy groups -OCH3 is 1. The van der Waals surface area contributed by atoms with Crippen LogP contribution in [0.25, 0.3) is 0 Å². The molecule has 4 N–H and O–H groups in total. The molecule has 26 heavy (non-hydrogen) atoms. The summed E-state index contributed by atoms with van der Waals surface area (Å²) in [4.78, 5) is 42.6. The second-order valence-electron chi connectivity index (χ2n) is 5.49. The molecule has 0 aromatic carbocycles. The van der Waals surface area contributed by atoms with E-state index in [-0.39, 0.29) is 18.7 Å². The zero-order chi connectivity index (χ0) is 19.3. The first-order valence-electron chi connectivity index (χ1n) is 7.72.